The molecule has 0 saturated heterocycles. The van der Waals surface area contributed by atoms with E-state index in [0.717, 1.165) is 5.56 Å². The Morgan fingerprint density at radius 2 is 1.87 bits per heavy atom. The molecule has 0 bridgehead atoms. The highest BCUT2D eigenvalue weighted by atomic mass is 19.1. The van der Waals surface area contributed by atoms with Crippen LogP contribution >= 0.6 is 0 Å². The SMILES string of the molecule is Cc1cc(F)cc(C(N)=NC(C)(C)C)c1. The number of hydrogen-bond donors (Lipinski definition) is 1. The van der Waals surface area contributed by atoms with Gasteiger partial charge < -0.3 is 5.73 Å². The lowest BCUT2D eigenvalue weighted by Gasteiger charge is -2.14. The Morgan fingerprint density at radius 1 is 1.27 bits per heavy atom. The Bertz CT molecular complexity index is 369. The Kier molecular flexibility index (Phi) is 3.12. The van der Waals surface area contributed by atoms with Gasteiger partial charge in [-0.25, -0.2) is 4.39 Å². The highest BCUT2D eigenvalue weighted by Crippen LogP contribution is 2.12. The van der Waals surface area contributed by atoms with Gasteiger partial charge in [-0.1, -0.05) is 0 Å². The van der Waals surface area contributed by atoms with Crippen LogP contribution < -0.4 is 5.73 Å². The minimum absolute atomic E-state index is 0.246. The van der Waals surface area contributed by atoms with Gasteiger partial charge in [-0.15, -0.1) is 0 Å². The smallest absolute Gasteiger partial charge is 0.126 e. The van der Waals surface area contributed by atoms with E-state index in [9.17, 15) is 4.39 Å². The molecule has 0 unspecified atom stereocenters. The van der Waals surface area contributed by atoms with E-state index >= 15 is 0 Å². The summed E-state index contributed by atoms with van der Waals surface area (Å²) in [5.41, 5.74) is 7.04. The molecule has 3 heteroatoms. The van der Waals surface area contributed by atoms with Crippen molar-refractivity contribution >= 4 is 5.84 Å². The third-order valence-electron chi connectivity index (χ3n) is 1.79. The molecule has 0 aliphatic rings. The van der Waals surface area contributed by atoms with Crippen molar-refractivity contribution in [3.63, 3.8) is 0 Å². The number of halogens is 1. The Morgan fingerprint density at radius 3 is 2.33 bits per heavy atom. The largest absolute Gasteiger partial charge is 0.383 e. The number of nitrogens with two attached hydrogens (primary N) is 1. The maximum Gasteiger partial charge on any atom is 0.126 e. The van der Waals surface area contributed by atoms with Crippen molar-refractivity contribution in [2.24, 2.45) is 10.7 Å². The summed E-state index contributed by atoms with van der Waals surface area (Å²) in [6.45, 7) is 7.68. The second-order valence-electron chi connectivity index (χ2n) is 4.69. The van der Waals surface area contributed by atoms with Gasteiger partial charge in [-0.05, 0) is 51.5 Å². The van der Waals surface area contributed by atoms with Crippen molar-refractivity contribution in [1.82, 2.24) is 0 Å². The number of aliphatic imine (C=N–C) groups is 1. The van der Waals surface area contributed by atoms with E-state index in [0.29, 0.717) is 11.4 Å². The summed E-state index contributed by atoms with van der Waals surface area (Å²) in [5.74, 6) is 0.0992. The molecule has 1 aromatic carbocycles. The van der Waals surface area contributed by atoms with E-state index in [4.69, 9.17) is 5.73 Å². The van der Waals surface area contributed by atoms with Crippen LogP contribution in [0.4, 0.5) is 4.39 Å². The van der Waals surface area contributed by atoms with E-state index in [1.165, 1.54) is 12.1 Å². The normalized spacial score (nSPS) is 13.0. The van der Waals surface area contributed by atoms with Crippen LogP contribution in [0.3, 0.4) is 0 Å². The van der Waals surface area contributed by atoms with Crippen molar-refractivity contribution in [3.05, 3.63) is 35.1 Å². The molecule has 2 N–H and O–H groups in total. The van der Waals surface area contributed by atoms with Crippen LogP contribution in [-0.2, 0) is 0 Å². The monoisotopic (exact) mass is 208 g/mol. The minimum atomic E-state index is -0.281. The first kappa shape index (κ1) is 11.7. The molecule has 0 aromatic heterocycles. The first-order chi connectivity index (χ1) is 6.78. The third kappa shape index (κ3) is 3.70. The van der Waals surface area contributed by atoms with Gasteiger partial charge in [0.2, 0.25) is 0 Å². The molecule has 1 rings (SSSR count). The predicted octanol–water partition coefficient (Wildman–Crippen LogP) is 2.64. The summed E-state index contributed by atoms with van der Waals surface area (Å²) in [7, 11) is 0. The number of benzene rings is 1. The van der Waals surface area contributed by atoms with Crippen molar-refractivity contribution < 1.29 is 4.39 Å². The van der Waals surface area contributed by atoms with E-state index < -0.39 is 0 Å². The van der Waals surface area contributed by atoms with Crippen LogP contribution in [0.1, 0.15) is 31.9 Å². The first-order valence-corrected chi connectivity index (χ1v) is 4.91. The molecule has 0 spiro atoms. The fraction of sp³-hybridized carbons (Fsp3) is 0.417. The summed E-state index contributed by atoms with van der Waals surface area (Å²) in [6.07, 6.45) is 0. The summed E-state index contributed by atoms with van der Waals surface area (Å²) in [6, 6.07) is 4.69. The zero-order chi connectivity index (χ0) is 11.6. The fourth-order valence-corrected chi connectivity index (χ4v) is 1.31. The maximum absolute atomic E-state index is 13.1. The second-order valence-corrected chi connectivity index (χ2v) is 4.69. The molecule has 0 fully saturated rings. The topological polar surface area (TPSA) is 38.4 Å². The van der Waals surface area contributed by atoms with Crippen molar-refractivity contribution in [2.75, 3.05) is 0 Å². The molecule has 0 saturated carbocycles. The summed E-state index contributed by atoms with van der Waals surface area (Å²) >= 11 is 0. The van der Waals surface area contributed by atoms with Crippen LogP contribution in [0.15, 0.2) is 23.2 Å². The van der Waals surface area contributed by atoms with Crippen molar-refractivity contribution in [3.8, 4) is 0 Å². The van der Waals surface area contributed by atoms with E-state index in [1.807, 2.05) is 33.8 Å². The lowest BCUT2D eigenvalue weighted by atomic mass is 10.1. The van der Waals surface area contributed by atoms with Crippen LogP contribution in [0.25, 0.3) is 0 Å². The molecule has 2 nitrogen and oxygen atoms in total. The molecule has 0 atom stereocenters. The molecular formula is C12H17FN2. The lowest BCUT2D eigenvalue weighted by Crippen LogP contribution is -2.21. The van der Waals surface area contributed by atoms with Gasteiger partial charge in [0.15, 0.2) is 0 Å². The summed E-state index contributed by atoms with van der Waals surface area (Å²) in [4.78, 5) is 4.29. The molecule has 15 heavy (non-hydrogen) atoms. The molecule has 1 aromatic rings. The molecule has 0 radical (unpaired) electrons. The van der Waals surface area contributed by atoms with Crippen LogP contribution in [0, 0.1) is 12.7 Å². The molecule has 82 valence electrons. The molecule has 0 heterocycles. The van der Waals surface area contributed by atoms with Crippen LogP contribution in [0.2, 0.25) is 0 Å². The first-order valence-electron chi connectivity index (χ1n) is 4.91. The summed E-state index contributed by atoms with van der Waals surface area (Å²) in [5, 5.41) is 0. The van der Waals surface area contributed by atoms with E-state index in [2.05, 4.69) is 4.99 Å². The predicted molar refractivity (Wildman–Crippen MR) is 61.6 cm³/mol. The third-order valence-corrected chi connectivity index (χ3v) is 1.79. The molecular weight excluding hydrogens is 191 g/mol. The van der Waals surface area contributed by atoms with Gasteiger partial charge in [0.1, 0.15) is 11.7 Å². The zero-order valence-electron chi connectivity index (χ0n) is 9.63. The highest BCUT2D eigenvalue weighted by Gasteiger charge is 2.10. The number of rotatable bonds is 1. The fourth-order valence-electron chi connectivity index (χ4n) is 1.31. The standard InChI is InChI=1S/C12H17FN2/c1-8-5-9(7-10(13)6-8)11(14)15-12(2,3)4/h5-7H,1-4H3,(H2,14,15). The number of nitrogens with zero attached hydrogens (tertiary/aromatic N) is 1. The highest BCUT2D eigenvalue weighted by molar-refractivity contribution is 5.97. The van der Waals surface area contributed by atoms with Gasteiger partial charge in [0, 0.05) is 5.56 Å². The average molecular weight is 208 g/mol. The minimum Gasteiger partial charge on any atom is -0.383 e. The number of aryl methyl sites for hydroxylation is 1. The van der Waals surface area contributed by atoms with Crippen molar-refractivity contribution in [1.29, 1.82) is 0 Å². The van der Waals surface area contributed by atoms with E-state index in [-0.39, 0.29) is 11.4 Å². The van der Waals surface area contributed by atoms with Gasteiger partial charge in [0.05, 0.1) is 5.54 Å². The van der Waals surface area contributed by atoms with Crippen LogP contribution in [-0.4, -0.2) is 11.4 Å². The zero-order valence-corrected chi connectivity index (χ0v) is 9.63. The summed E-state index contributed by atoms with van der Waals surface area (Å²) < 4.78 is 13.1. The van der Waals surface area contributed by atoms with Crippen molar-refractivity contribution in [2.45, 2.75) is 33.2 Å². The Balaban J connectivity index is 3.11. The van der Waals surface area contributed by atoms with Gasteiger partial charge >= 0.3 is 0 Å². The molecule has 0 amide bonds. The quantitative estimate of drug-likeness (QED) is 0.559. The van der Waals surface area contributed by atoms with E-state index in [1.54, 1.807) is 0 Å². The maximum atomic E-state index is 13.1. The Labute approximate surface area is 90.0 Å². The van der Waals surface area contributed by atoms with Crippen LogP contribution in [0.5, 0.6) is 0 Å². The van der Waals surface area contributed by atoms with Gasteiger partial charge in [-0.3, -0.25) is 4.99 Å². The Hall–Kier alpha value is -1.38. The lowest BCUT2D eigenvalue weighted by molar-refractivity contribution is 0.583. The number of hydrogen-bond acceptors (Lipinski definition) is 1. The van der Waals surface area contributed by atoms with Gasteiger partial charge in [0.25, 0.3) is 0 Å². The number of amidine groups is 1. The van der Waals surface area contributed by atoms with Gasteiger partial charge in [-0.2, -0.15) is 0 Å². The molecule has 0 aliphatic heterocycles. The second kappa shape index (κ2) is 4.01. The molecule has 0 aliphatic carbocycles. The average Bonchev–Trinajstić information content (AvgIpc) is 1.98.